The van der Waals surface area contributed by atoms with Crippen molar-refractivity contribution in [1.29, 1.82) is 0 Å². The van der Waals surface area contributed by atoms with E-state index in [2.05, 4.69) is 12.1 Å². The van der Waals surface area contributed by atoms with Crippen LogP contribution in [0.5, 0.6) is 0 Å². The van der Waals surface area contributed by atoms with E-state index in [-0.39, 0.29) is 12.0 Å². The summed E-state index contributed by atoms with van der Waals surface area (Å²) >= 11 is 0. The molecule has 0 bridgehead atoms. The van der Waals surface area contributed by atoms with Crippen molar-refractivity contribution in [3.8, 4) is 0 Å². The normalized spacial score (nSPS) is 29.5. The Bertz CT molecular complexity index is 445. The summed E-state index contributed by atoms with van der Waals surface area (Å²) in [5, 5.41) is 9.87. The van der Waals surface area contributed by atoms with Gasteiger partial charge in [-0.15, -0.1) is 0 Å². The van der Waals surface area contributed by atoms with Gasteiger partial charge < -0.3 is 10.0 Å². The van der Waals surface area contributed by atoms with Crippen molar-refractivity contribution >= 4 is 5.91 Å². The molecule has 1 saturated carbocycles. The van der Waals surface area contributed by atoms with E-state index in [1.54, 1.807) is 0 Å². The van der Waals surface area contributed by atoms with E-state index in [0.29, 0.717) is 18.3 Å². The smallest absolute Gasteiger partial charge is 0.222 e. The number of benzene rings is 1. The molecule has 0 radical (unpaired) electrons. The standard InChI is InChI=1S/C16H21NO2/c18-15-8-7-13-10-17(11-14(13)15)16(19)9-6-12-4-2-1-3-5-12/h1-5,13-15,18H,6-11H2. The number of hydrogen-bond donors (Lipinski definition) is 1. The number of likely N-dealkylation sites (tertiary alicyclic amines) is 1. The Morgan fingerprint density at radius 2 is 2.00 bits per heavy atom. The van der Waals surface area contributed by atoms with Crippen LogP contribution in [0.2, 0.25) is 0 Å². The molecule has 1 amide bonds. The molecule has 0 spiro atoms. The quantitative estimate of drug-likeness (QED) is 0.900. The Morgan fingerprint density at radius 3 is 2.74 bits per heavy atom. The molecule has 1 aromatic rings. The molecule has 1 aromatic carbocycles. The maximum Gasteiger partial charge on any atom is 0.222 e. The third kappa shape index (κ3) is 2.66. The minimum absolute atomic E-state index is 0.183. The first kappa shape index (κ1) is 12.7. The Morgan fingerprint density at radius 1 is 1.21 bits per heavy atom. The summed E-state index contributed by atoms with van der Waals surface area (Å²) in [4.78, 5) is 14.2. The van der Waals surface area contributed by atoms with Gasteiger partial charge in [0.1, 0.15) is 0 Å². The monoisotopic (exact) mass is 259 g/mol. The zero-order valence-electron chi connectivity index (χ0n) is 11.2. The van der Waals surface area contributed by atoms with Gasteiger partial charge in [0.2, 0.25) is 5.91 Å². The van der Waals surface area contributed by atoms with Gasteiger partial charge in [-0.3, -0.25) is 4.79 Å². The first-order valence-corrected chi connectivity index (χ1v) is 7.24. The molecule has 19 heavy (non-hydrogen) atoms. The Hall–Kier alpha value is -1.35. The average molecular weight is 259 g/mol. The van der Waals surface area contributed by atoms with E-state index in [9.17, 15) is 9.90 Å². The van der Waals surface area contributed by atoms with Crippen LogP contribution in [-0.4, -0.2) is 35.1 Å². The predicted molar refractivity (Wildman–Crippen MR) is 73.6 cm³/mol. The number of carbonyl (C=O) groups excluding carboxylic acids is 1. The zero-order chi connectivity index (χ0) is 13.2. The number of aryl methyl sites for hydroxylation is 1. The van der Waals surface area contributed by atoms with Crippen LogP contribution in [-0.2, 0) is 11.2 Å². The Kier molecular flexibility index (Phi) is 3.56. The molecule has 3 rings (SSSR count). The highest BCUT2D eigenvalue weighted by Crippen LogP contribution is 2.38. The SMILES string of the molecule is O=C(CCc1ccccc1)N1CC2CCC(O)C2C1. The van der Waals surface area contributed by atoms with Crippen LogP contribution in [0, 0.1) is 11.8 Å². The molecule has 102 valence electrons. The molecule has 3 nitrogen and oxygen atoms in total. The van der Waals surface area contributed by atoms with Crippen LogP contribution in [0.4, 0.5) is 0 Å². The van der Waals surface area contributed by atoms with Gasteiger partial charge in [0.05, 0.1) is 6.10 Å². The number of carbonyl (C=O) groups is 1. The van der Waals surface area contributed by atoms with Gasteiger partial charge in [-0.2, -0.15) is 0 Å². The molecular formula is C16H21NO2. The lowest BCUT2D eigenvalue weighted by Crippen LogP contribution is -2.31. The molecule has 1 aliphatic heterocycles. The van der Waals surface area contributed by atoms with Crippen LogP contribution in [0.15, 0.2) is 30.3 Å². The van der Waals surface area contributed by atoms with Crippen molar-refractivity contribution < 1.29 is 9.90 Å². The number of fused-ring (bicyclic) bond motifs is 1. The molecule has 2 fully saturated rings. The predicted octanol–water partition coefficient (Wildman–Crippen LogP) is 1.85. The maximum atomic E-state index is 12.2. The van der Waals surface area contributed by atoms with E-state index in [0.717, 1.165) is 32.4 Å². The summed E-state index contributed by atoms with van der Waals surface area (Å²) in [5.74, 6) is 1.11. The highest BCUT2D eigenvalue weighted by Gasteiger charge is 2.42. The van der Waals surface area contributed by atoms with Gasteiger partial charge in [0.25, 0.3) is 0 Å². The summed E-state index contributed by atoms with van der Waals surface area (Å²) < 4.78 is 0. The summed E-state index contributed by atoms with van der Waals surface area (Å²) in [6.45, 7) is 1.62. The van der Waals surface area contributed by atoms with Crippen molar-refractivity contribution in [1.82, 2.24) is 4.90 Å². The van der Waals surface area contributed by atoms with Gasteiger partial charge >= 0.3 is 0 Å². The third-order valence-electron chi connectivity index (χ3n) is 4.64. The molecule has 0 aromatic heterocycles. The largest absolute Gasteiger partial charge is 0.393 e. The van der Waals surface area contributed by atoms with Gasteiger partial charge in [0.15, 0.2) is 0 Å². The number of aliphatic hydroxyl groups excluding tert-OH is 1. The number of amides is 1. The fourth-order valence-corrected chi connectivity index (χ4v) is 3.49. The minimum Gasteiger partial charge on any atom is -0.393 e. The highest BCUT2D eigenvalue weighted by atomic mass is 16.3. The van der Waals surface area contributed by atoms with Crippen LogP contribution in [0.3, 0.4) is 0 Å². The molecule has 1 heterocycles. The van der Waals surface area contributed by atoms with Crippen molar-refractivity contribution in [2.75, 3.05) is 13.1 Å². The number of nitrogens with zero attached hydrogens (tertiary/aromatic N) is 1. The van der Waals surface area contributed by atoms with Gasteiger partial charge in [0, 0.05) is 25.4 Å². The van der Waals surface area contributed by atoms with Crippen LogP contribution >= 0.6 is 0 Å². The molecule has 1 saturated heterocycles. The summed E-state index contributed by atoms with van der Waals surface area (Å²) in [6.07, 6.45) is 3.21. The van der Waals surface area contributed by atoms with Crippen LogP contribution < -0.4 is 0 Å². The van der Waals surface area contributed by atoms with E-state index < -0.39 is 0 Å². The molecule has 3 atom stereocenters. The van der Waals surface area contributed by atoms with Crippen LogP contribution in [0.1, 0.15) is 24.8 Å². The van der Waals surface area contributed by atoms with Crippen molar-refractivity contribution in [3.05, 3.63) is 35.9 Å². The topological polar surface area (TPSA) is 40.5 Å². The second-order valence-electron chi connectivity index (χ2n) is 5.85. The van der Waals surface area contributed by atoms with E-state index in [1.165, 1.54) is 5.56 Å². The fraction of sp³-hybridized carbons (Fsp3) is 0.562. The average Bonchev–Trinajstić information content (AvgIpc) is 3.00. The zero-order valence-corrected chi connectivity index (χ0v) is 11.2. The lowest BCUT2D eigenvalue weighted by atomic mass is 10.00. The van der Waals surface area contributed by atoms with Gasteiger partial charge in [-0.05, 0) is 30.7 Å². The second kappa shape index (κ2) is 5.33. The van der Waals surface area contributed by atoms with E-state index in [1.807, 2.05) is 23.1 Å². The maximum absolute atomic E-state index is 12.2. The first-order valence-electron chi connectivity index (χ1n) is 7.24. The van der Waals surface area contributed by atoms with Gasteiger partial charge in [-0.25, -0.2) is 0 Å². The Balaban J connectivity index is 1.52. The van der Waals surface area contributed by atoms with Crippen molar-refractivity contribution in [2.24, 2.45) is 11.8 Å². The number of aliphatic hydroxyl groups is 1. The van der Waals surface area contributed by atoms with E-state index >= 15 is 0 Å². The van der Waals surface area contributed by atoms with Crippen molar-refractivity contribution in [2.45, 2.75) is 31.8 Å². The molecule has 1 aliphatic carbocycles. The minimum atomic E-state index is -0.183. The number of rotatable bonds is 3. The molecular weight excluding hydrogens is 238 g/mol. The van der Waals surface area contributed by atoms with Gasteiger partial charge in [-0.1, -0.05) is 30.3 Å². The highest BCUT2D eigenvalue weighted by molar-refractivity contribution is 5.76. The summed E-state index contributed by atoms with van der Waals surface area (Å²) in [7, 11) is 0. The lowest BCUT2D eigenvalue weighted by Gasteiger charge is -2.18. The van der Waals surface area contributed by atoms with Crippen molar-refractivity contribution in [3.63, 3.8) is 0 Å². The second-order valence-corrected chi connectivity index (χ2v) is 5.85. The molecule has 1 N–H and O–H groups in total. The Labute approximate surface area is 114 Å². The molecule has 2 aliphatic rings. The summed E-state index contributed by atoms with van der Waals surface area (Å²) in [5.41, 5.74) is 1.22. The first-order chi connectivity index (χ1) is 9.24. The van der Waals surface area contributed by atoms with E-state index in [4.69, 9.17) is 0 Å². The lowest BCUT2D eigenvalue weighted by molar-refractivity contribution is -0.130. The number of hydrogen-bond acceptors (Lipinski definition) is 2. The molecule has 3 unspecified atom stereocenters. The molecule has 3 heteroatoms. The summed E-state index contributed by atoms with van der Waals surface area (Å²) in [6, 6.07) is 10.1. The fourth-order valence-electron chi connectivity index (χ4n) is 3.49. The van der Waals surface area contributed by atoms with Crippen LogP contribution in [0.25, 0.3) is 0 Å². The third-order valence-corrected chi connectivity index (χ3v) is 4.64.